The van der Waals surface area contributed by atoms with Crippen molar-refractivity contribution in [3.05, 3.63) is 94.8 Å². The maximum absolute atomic E-state index is 12.9. The highest BCUT2D eigenvalue weighted by atomic mass is 35.5. The maximum Gasteiger partial charge on any atom is 0.233 e. The van der Waals surface area contributed by atoms with Gasteiger partial charge in [0.05, 0.1) is 5.25 Å². The average Bonchev–Trinajstić information content (AvgIpc) is 2.77. The number of ether oxygens (including phenoxy) is 1. The summed E-state index contributed by atoms with van der Waals surface area (Å²) in [5.74, 6) is 0.468. The Morgan fingerprint density at radius 1 is 1.00 bits per heavy atom. The van der Waals surface area contributed by atoms with Crippen molar-refractivity contribution in [2.24, 2.45) is 0 Å². The molecule has 0 aliphatic carbocycles. The highest BCUT2D eigenvalue weighted by Crippen LogP contribution is 2.27. The number of benzene rings is 3. The summed E-state index contributed by atoms with van der Waals surface area (Å²) in [4.78, 5) is 13.6. The summed E-state index contributed by atoms with van der Waals surface area (Å²) in [6.45, 7) is 2.83. The van der Waals surface area contributed by atoms with Gasteiger partial charge in [-0.1, -0.05) is 42.8 Å². The number of halogens is 2. The largest absolute Gasteiger partial charge is 0.489 e. The maximum atomic E-state index is 12.9. The average molecular weight is 444 g/mol. The van der Waals surface area contributed by atoms with E-state index in [1.54, 1.807) is 12.1 Å². The van der Waals surface area contributed by atoms with Crippen LogP contribution < -0.4 is 10.1 Å². The van der Waals surface area contributed by atoms with Crippen LogP contribution in [0.5, 0.6) is 5.75 Å². The van der Waals surface area contributed by atoms with Gasteiger partial charge in [-0.25, -0.2) is 4.39 Å². The lowest BCUT2D eigenvalue weighted by Gasteiger charge is -2.15. The second kappa shape index (κ2) is 11.0. The fraction of sp³-hybridized carbons (Fsp3) is 0.208. The zero-order chi connectivity index (χ0) is 21.3. The highest BCUT2D eigenvalue weighted by molar-refractivity contribution is 8.00. The second-order valence-corrected chi connectivity index (χ2v) is 8.46. The lowest BCUT2D eigenvalue weighted by Crippen LogP contribution is -2.31. The van der Waals surface area contributed by atoms with Gasteiger partial charge in [-0.05, 0) is 66.1 Å². The molecular weight excluding hydrogens is 421 g/mol. The van der Waals surface area contributed by atoms with Crippen molar-refractivity contribution in [1.82, 2.24) is 5.32 Å². The molecule has 0 spiro atoms. The molecule has 1 atom stereocenters. The van der Waals surface area contributed by atoms with Crippen LogP contribution in [0.15, 0.2) is 77.7 Å². The summed E-state index contributed by atoms with van der Waals surface area (Å²) in [5.41, 5.74) is 1.89. The van der Waals surface area contributed by atoms with Gasteiger partial charge in [0, 0.05) is 16.5 Å². The van der Waals surface area contributed by atoms with E-state index in [9.17, 15) is 9.18 Å². The quantitative estimate of drug-likeness (QED) is 0.397. The monoisotopic (exact) mass is 443 g/mol. The molecule has 30 heavy (non-hydrogen) atoms. The normalized spacial score (nSPS) is 11.7. The molecule has 3 aromatic carbocycles. The van der Waals surface area contributed by atoms with Gasteiger partial charge in [-0.3, -0.25) is 4.79 Å². The van der Waals surface area contributed by atoms with E-state index in [1.807, 2.05) is 55.5 Å². The van der Waals surface area contributed by atoms with E-state index < -0.39 is 0 Å². The zero-order valence-electron chi connectivity index (χ0n) is 16.6. The molecule has 0 bridgehead atoms. The smallest absolute Gasteiger partial charge is 0.233 e. The Balaban J connectivity index is 1.47. The number of carbonyl (C=O) groups is 1. The number of amides is 1. The molecule has 0 radical (unpaired) electrons. The standard InChI is InChI=1S/C24H23ClFNO2S/c1-2-23(30-22-13-7-19(25)8-14-22)24(28)27-15-17-5-11-21(12-6-17)29-16-18-3-9-20(26)10-4-18/h3-14,23H,2,15-16H2,1H3,(H,27,28)/t23-/m0/s1. The Hall–Kier alpha value is -2.50. The number of rotatable bonds is 9. The van der Waals surface area contributed by atoms with E-state index >= 15 is 0 Å². The van der Waals surface area contributed by atoms with Crippen molar-refractivity contribution in [1.29, 1.82) is 0 Å². The van der Waals surface area contributed by atoms with Crippen molar-refractivity contribution in [3.8, 4) is 5.75 Å². The van der Waals surface area contributed by atoms with Gasteiger partial charge < -0.3 is 10.1 Å². The van der Waals surface area contributed by atoms with Crippen molar-refractivity contribution >= 4 is 29.3 Å². The summed E-state index contributed by atoms with van der Waals surface area (Å²) in [7, 11) is 0. The van der Waals surface area contributed by atoms with Gasteiger partial charge in [0.25, 0.3) is 0 Å². The van der Waals surface area contributed by atoms with Gasteiger partial charge in [0.15, 0.2) is 0 Å². The first kappa shape index (κ1) is 22.2. The fourth-order valence-electron chi connectivity index (χ4n) is 2.75. The number of nitrogens with one attached hydrogen (secondary N) is 1. The van der Waals surface area contributed by atoms with Gasteiger partial charge >= 0.3 is 0 Å². The van der Waals surface area contributed by atoms with Crippen LogP contribution in [-0.2, 0) is 17.9 Å². The van der Waals surface area contributed by atoms with E-state index in [0.29, 0.717) is 18.2 Å². The molecule has 156 valence electrons. The first-order valence-corrected chi connectivity index (χ1v) is 11.0. The van der Waals surface area contributed by atoms with Gasteiger partial charge in [-0.15, -0.1) is 11.8 Å². The fourth-order valence-corrected chi connectivity index (χ4v) is 3.86. The molecule has 0 heterocycles. The summed E-state index contributed by atoms with van der Waals surface area (Å²) < 4.78 is 18.7. The minimum Gasteiger partial charge on any atom is -0.489 e. The molecule has 0 saturated heterocycles. The summed E-state index contributed by atoms with van der Waals surface area (Å²) >= 11 is 7.45. The third-order valence-electron chi connectivity index (χ3n) is 4.46. The van der Waals surface area contributed by atoms with Gasteiger partial charge in [0.1, 0.15) is 18.2 Å². The molecule has 3 rings (SSSR count). The number of thioether (sulfide) groups is 1. The second-order valence-electron chi connectivity index (χ2n) is 6.75. The predicted molar refractivity (Wildman–Crippen MR) is 120 cm³/mol. The van der Waals surface area contributed by atoms with Crippen molar-refractivity contribution in [2.45, 2.75) is 36.6 Å². The molecule has 0 saturated carbocycles. The van der Waals surface area contributed by atoms with Crippen LogP contribution in [0.3, 0.4) is 0 Å². The molecule has 6 heteroatoms. The number of carbonyl (C=O) groups excluding carboxylic acids is 1. The highest BCUT2D eigenvalue weighted by Gasteiger charge is 2.17. The topological polar surface area (TPSA) is 38.3 Å². The molecule has 1 N–H and O–H groups in total. The van der Waals surface area contributed by atoms with E-state index in [0.717, 1.165) is 28.2 Å². The first-order chi connectivity index (χ1) is 14.5. The van der Waals surface area contributed by atoms with Gasteiger partial charge in [-0.2, -0.15) is 0 Å². The summed E-state index contributed by atoms with van der Waals surface area (Å²) in [6.07, 6.45) is 0.731. The SMILES string of the molecule is CC[C@H](Sc1ccc(Cl)cc1)C(=O)NCc1ccc(OCc2ccc(F)cc2)cc1. The van der Waals surface area contributed by atoms with Crippen LogP contribution in [0.25, 0.3) is 0 Å². The molecule has 0 aliphatic heterocycles. The van der Waals surface area contributed by atoms with Crippen molar-refractivity contribution < 1.29 is 13.9 Å². The van der Waals surface area contributed by atoms with E-state index in [-0.39, 0.29) is 17.0 Å². The van der Waals surface area contributed by atoms with Gasteiger partial charge in [0.2, 0.25) is 5.91 Å². The molecule has 3 aromatic rings. The Kier molecular flexibility index (Phi) is 8.17. The molecule has 1 amide bonds. The van der Waals surface area contributed by atoms with Crippen LogP contribution in [0, 0.1) is 5.82 Å². The minimum atomic E-state index is -0.262. The molecule has 0 aliphatic rings. The minimum absolute atomic E-state index is 0.00841. The Bertz CT molecular complexity index is 946. The Morgan fingerprint density at radius 3 is 2.27 bits per heavy atom. The van der Waals surface area contributed by atoms with E-state index in [2.05, 4.69) is 5.32 Å². The molecule has 0 fully saturated rings. The summed E-state index contributed by atoms with van der Waals surface area (Å²) in [5, 5.41) is 3.52. The molecule has 0 unspecified atom stereocenters. The Morgan fingerprint density at radius 2 is 1.63 bits per heavy atom. The van der Waals surface area contributed by atoms with Crippen LogP contribution in [0.1, 0.15) is 24.5 Å². The van der Waals surface area contributed by atoms with Crippen LogP contribution >= 0.6 is 23.4 Å². The molecular formula is C24H23ClFNO2S. The van der Waals surface area contributed by atoms with Crippen LogP contribution in [0.4, 0.5) is 4.39 Å². The van der Waals surface area contributed by atoms with Crippen molar-refractivity contribution in [2.75, 3.05) is 0 Å². The Labute approximate surface area is 185 Å². The number of hydrogen-bond acceptors (Lipinski definition) is 3. The van der Waals surface area contributed by atoms with Crippen LogP contribution in [0.2, 0.25) is 5.02 Å². The number of hydrogen-bond donors (Lipinski definition) is 1. The molecule has 3 nitrogen and oxygen atoms in total. The van der Waals surface area contributed by atoms with E-state index in [4.69, 9.17) is 16.3 Å². The van der Waals surface area contributed by atoms with Crippen LogP contribution in [-0.4, -0.2) is 11.2 Å². The van der Waals surface area contributed by atoms with E-state index in [1.165, 1.54) is 23.9 Å². The summed E-state index contributed by atoms with van der Waals surface area (Å²) in [6, 6.07) is 21.3. The zero-order valence-corrected chi connectivity index (χ0v) is 18.2. The molecule has 0 aromatic heterocycles. The third kappa shape index (κ3) is 6.78. The third-order valence-corrected chi connectivity index (χ3v) is 6.09. The lowest BCUT2D eigenvalue weighted by atomic mass is 10.2. The van der Waals surface area contributed by atoms with Crippen molar-refractivity contribution in [3.63, 3.8) is 0 Å². The first-order valence-electron chi connectivity index (χ1n) is 9.69. The lowest BCUT2D eigenvalue weighted by molar-refractivity contribution is -0.120. The predicted octanol–water partition coefficient (Wildman–Crippen LogP) is 6.25.